The van der Waals surface area contributed by atoms with Crippen LogP contribution in [0.3, 0.4) is 0 Å². The maximum atomic E-state index is 2.61. The van der Waals surface area contributed by atoms with Gasteiger partial charge in [-0.25, -0.2) is 0 Å². The molecule has 40 heavy (non-hydrogen) atoms. The quantitative estimate of drug-likeness (QED) is 0.225. The molecule has 0 N–H and O–H groups in total. The van der Waals surface area contributed by atoms with Crippen molar-refractivity contribution < 1.29 is 0 Å². The van der Waals surface area contributed by atoms with Crippen LogP contribution in [-0.4, -0.2) is 38.1 Å². The number of benzene rings is 7. The van der Waals surface area contributed by atoms with Gasteiger partial charge in [-0.3, -0.25) is 0 Å². The Morgan fingerprint density at radius 2 is 1.12 bits per heavy atom. The normalized spacial score (nSPS) is 13.3. The first-order valence-electron chi connectivity index (χ1n) is 14.3. The first-order chi connectivity index (χ1) is 19.5. The molecule has 0 unspecified atom stereocenters. The monoisotopic (exact) mass is 501 g/mol. The number of nitrogens with zero attached hydrogens (tertiary/aromatic N) is 1. The molecule has 7 aromatic carbocycles. The van der Waals surface area contributed by atoms with Crippen molar-refractivity contribution in [1.82, 2.24) is 0 Å². The second-order valence-corrected chi connectivity index (χ2v) is 11.8. The zero-order valence-electron chi connectivity index (χ0n) is 23.3. The number of rotatable bonds is 1. The maximum Gasteiger partial charge on any atom is 0.247 e. The summed E-state index contributed by atoms with van der Waals surface area (Å²) in [4.78, 5) is 2.61. The smallest absolute Gasteiger partial charge is 0.247 e. The third-order valence-corrected chi connectivity index (χ3v) is 10.1. The highest BCUT2D eigenvalue weighted by Gasteiger charge is 2.44. The van der Waals surface area contributed by atoms with Crippen LogP contribution in [0.4, 0.5) is 17.1 Å². The second kappa shape index (κ2) is 7.67. The lowest BCUT2D eigenvalue weighted by Gasteiger charge is -2.40. The van der Waals surface area contributed by atoms with Crippen LogP contribution in [0.2, 0.25) is 0 Å². The van der Waals surface area contributed by atoms with Crippen LogP contribution >= 0.6 is 0 Å². The molecule has 0 radical (unpaired) electrons. The first kappa shape index (κ1) is 22.5. The van der Waals surface area contributed by atoms with Crippen LogP contribution in [-0.2, 0) is 0 Å². The zero-order valence-corrected chi connectivity index (χ0v) is 23.3. The highest BCUT2D eigenvalue weighted by Crippen LogP contribution is 2.45. The van der Waals surface area contributed by atoms with Gasteiger partial charge in [0.05, 0.1) is 5.69 Å². The highest BCUT2D eigenvalue weighted by atomic mass is 15.2. The van der Waals surface area contributed by atoms with Crippen LogP contribution in [0, 0.1) is 0 Å². The average molecular weight is 501 g/mol. The Hall–Kier alpha value is -4.30. The zero-order chi connectivity index (χ0) is 26.9. The van der Waals surface area contributed by atoms with Crippen molar-refractivity contribution in [1.29, 1.82) is 0 Å². The summed E-state index contributed by atoms with van der Waals surface area (Å²) in [6.45, 7) is 0.256. The summed E-state index contributed by atoms with van der Waals surface area (Å²) in [6, 6.07) is 36.6. The Bertz CT molecular complexity index is 2220. The van der Waals surface area contributed by atoms with Gasteiger partial charge in [0.2, 0.25) is 6.71 Å². The lowest BCUT2D eigenvalue weighted by Crippen LogP contribution is -2.67. The van der Waals surface area contributed by atoms with Crippen LogP contribution in [0.15, 0.2) is 97.1 Å². The Morgan fingerprint density at radius 3 is 1.95 bits per heavy atom. The molecule has 0 atom stereocenters. The fourth-order valence-electron chi connectivity index (χ4n) is 7.98. The fraction of sp³-hybridized carbons (Fsp3) is 0. The summed E-state index contributed by atoms with van der Waals surface area (Å²) in [7, 11) is 9.28. The van der Waals surface area contributed by atoms with E-state index in [0.29, 0.717) is 0 Å². The summed E-state index contributed by atoms with van der Waals surface area (Å²) < 4.78 is 0. The Balaban J connectivity index is 1.46. The van der Waals surface area contributed by atoms with Crippen molar-refractivity contribution in [3.8, 4) is 11.1 Å². The van der Waals surface area contributed by atoms with Gasteiger partial charge < -0.3 is 4.90 Å². The highest BCUT2D eigenvalue weighted by molar-refractivity contribution is 7.03. The Morgan fingerprint density at radius 1 is 0.475 bits per heavy atom. The minimum atomic E-state index is 0.256. The molecule has 0 saturated heterocycles. The number of hydrogen-bond donors (Lipinski definition) is 0. The molecule has 1 nitrogen and oxygen atoms in total. The van der Waals surface area contributed by atoms with E-state index in [1.165, 1.54) is 98.7 Å². The van der Waals surface area contributed by atoms with Gasteiger partial charge in [-0.1, -0.05) is 112 Å². The minimum absolute atomic E-state index is 0.256. The molecule has 6 heteroatoms. The van der Waals surface area contributed by atoms with E-state index in [4.69, 9.17) is 0 Å². The van der Waals surface area contributed by atoms with Gasteiger partial charge >= 0.3 is 0 Å². The minimum Gasteiger partial charge on any atom is -0.311 e. The number of fused-ring (bicyclic) bond motifs is 5. The summed E-state index contributed by atoms with van der Waals surface area (Å²) >= 11 is 0. The molecule has 0 bridgehead atoms. The molecule has 2 heterocycles. The molecule has 0 amide bonds. The summed E-state index contributed by atoms with van der Waals surface area (Å²) in [5.74, 6) is 0. The summed E-state index contributed by atoms with van der Waals surface area (Å²) in [5.41, 5.74) is 16.7. The Kier molecular flexibility index (Phi) is 4.32. The molecule has 0 spiro atoms. The molecule has 0 aromatic heterocycles. The SMILES string of the molecule is Bc1c(B)c(B)c2c(c1B)B1c3ccccc3-c3cccc(c31)N2c1ccc2ccc3cccc4ccc1c2c34. The predicted molar refractivity (Wildman–Crippen MR) is 188 cm³/mol. The third kappa shape index (κ3) is 2.60. The number of anilines is 3. The van der Waals surface area contributed by atoms with E-state index in [1.54, 1.807) is 0 Å². The summed E-state index contributed by atoms with van der Waals surface area (Å²) in [6.07, 6.45) is 0. The van der Waals surface area contributed by atoms with E-state index in [-0.39, 0.29) is 6.71 Å². The van der Waals surface area contributed by atoms with Gasteiger partial charge in [0.1, 0.15) is 31.4 Å². The fourth-order valence-corrected chi connectivity index (χ4v) is 7.98. The molecule has 0 saturated carbocycles. The van der Waals surface area contributed by atoms with E-state index in [9.17, 15) is 0 Å². The van der Waals surface area contributed by atoms with Crippen molar-refractivity contribution in [3.63, 3.8) is 0 Å². The lowest BCUT2D eigenvalue weighted by atomic mass is 9.34. The van der Waals surface area contributed by atoms with Crippen LogP contribution < -0.4 is 43.1 Å². The van der Waals surface area contributed by atoms with E-state index in [1.807, 2.05) is 0 Å². The van der Waals surface area contributed by atoms with Crippen LogP contribution in [0.25, 0.3) is 43.4 Å². The molecular weight excluding hydrogens is 476 g/mol. The Labute approximate surface area is 238 Å². The van der Waals surface area contributed by atoms with Gasteiger partial charge in [-0.05, 0) is 55.7 Å². The topological polar surface area (TPSA) is 3.24 Å². The average Bonchev–Trinajstić information content (AvgIpc) is 3.33. The molecule has 0 fully saturated rings. The maximum absolute atomic E-state index is 2.61. The van der Waals surface area contributed by atoms with Crippen molar-refractivity contribution in [2.45, 2.75) is 0 Å². The summed E-state index contributed by atoms with van der Waals surface area (Å²) in [5, 5.41) is 7.97. The first-order valence-corrected chi connectivity index (χ1v) is 14.3. The van der Waals surface area contributed by atoms with Crippen LogP contribution in [0.1, 0.15) is 0 Å². The van der Waals surface area contributed by atoms with Crippen LogP contribution in [0.5, 0.6) is 0 Å². The van der Waals surface area contributed by atoms with Gasteiger partial charge in [0.25, 0.3) is 0 Å². The van der Waals surface area contributed by atoms with Gasteiger partial charge in [-0.2, -0.15) is 0 Å². The largest absolute Gasteiger partial charge is 0.311 e. The van der Waals surface area contributed by atoms with E-state index >= 15 is 0 Å². The third-order valence-electron chi connectivity index (χ3n) is 10.1. The van der Waals surface area contributed by atoms with Crippen molar-refractivity contribution >= 4 is 126 Å². The van der Waals surface area contributed by atoms with Crippen molar-refractivity contribution in [2.75, 3.05) is 4.90 Å². The predicted octanol–water partition coefficient (Wildman–Crippen LogP) is -0.103. The second-order valence-electron chi connectivity index (χ2n) is 11.8. The molecule has 0 aliphatic carbocycles. The molecule has 9 rings (SSSR count). The van der Waals surface area contributed by atoms with E-state index in [2.05, 4.69) is 133 Å². The molecule has 7 aromatic rings. The molecular formula is C34H24B5N. The van der Waals surface area contributed by atoms with Gasteiger partial charge in [0, 0.05) is 16.8 Å². The van der Waals surface area contributed by atoms with E-state index < -0.39 is 0 Å². The molecule has 2 aliphatic heterocycles. The lowest BCUT2D eigenvalue weighted by molar-refractivity contribution is 1.33. The van der Waals surface area contributed by atoms with Crippen molar-refractivity contribution in [3.05, 3.63) is 97.1 Å². The standard InChI is InChI=1S/C34H24B5N/c35-28-29(36)31(38)34-33(30(28)37)39-23-9-2-1-7-20(23)21-8-4-10-25(32(21)39)40(34)24-16-14-19-12-11-17-5-3-6-18-13-15-22(24)27(19)26(17)18/h1-16H,35-38H2. The molecule has 2 aliphatic rings. The van der Waals surface area contributed by atoms with E-state index in [0.717, 1.165) is 0 Å². The molecule has 180 valence electrons. The van der Waals surface area contributed by atoms with Gasteiger partial charge in [0.15, 0.2) is 0 Å². The number of hydrogen-bond acceptors (Lipinski definition) is 1. The van der Waals surface area contributed by atoms with Gasteiger partial charge in [-0.15, -0.1) is 5.46 Å². The van der Waals surface area contributed by atoms with Crippen molar-refractivity contribution in [2.24, 2.45) is 0 Å².